The molecule has 0 spiro atoms. The van der Waals surface area contributed by atoms with E-state index in [2.05, 4.69) is 17.6 Å². The number of carbonyl (C=O) groups excluding carboxylic acids is 3. The predicted molar refractivity (Wildman–Crippen MR) is 156 cm³/mol. The van der Waals surface area contributed by atoms with Crippen LogP contribution in [0.15, 0.2) is 0 Å². The zero-order valence-electron chi connectivity index (χ0n) is 25.7. The number of nitrogens with one attached hydrogen (secondary N) is 2. The van der Waals surface area contributed by atoms with Crippen molar-refractivity contribution in [3.05, 3.63) is 0 Å². The maximum absolute atomic E-state index is 12.7. The van der Waals surface area contributed by atoms with Gasteiger partial charge in [-0.25, -0.2) is 0 Å². The van der Waals surface area contributed by atoms with E-state index in [0.29, 0.717) is 57.7 Å². The molecule has 6 N–H and O–H groups in total. The van der Waals surface area contributed by atoms with Gasteiger partial charge in [0.25, 0.3) is 0 Å². The SMILES string of the molecule is CC(=O)NC1C(OCCCCCC(=O)NCCCCCC(=O)N2C[C@H](O)C[C@H]2COC2CC(C)C2)OC(CO)C(O)C1O. The minimum absolute atomic E-state index is 0.0315. The number of hydrogen-bond acceptors (Lipinski definition) is 10. The summed E-state index contributed by atoms with van der Waals surface area (Å²) in [7, 11) is 0. The first kappa shape index (κ1) is 35.6. The molecule has 0 aromatic carbocycles. The number of aliphatic hydroxyl groups excluding tert-OH is 4. The number of amides is 3. The number of unbranched alkanes of at least 4 members (excludes halogenated alkanes) is 4. The van der Waals surface area contributed by atoms with Gasteiger partial charge >= 0.3 is 0 Å². The third kappa shape index (κ3) is 11.5. The van der Waals surface area contributed by atoms with E-state index in [4.69, 9.17) is 14.2 Å². The monoisotopic (exact) mass is 615 g/mol. The molecule has 3 aliphatic rings. The fraction of sp³-hybridized carbons (Fsp3) is 0.900. The van der Waals surface area contributed by atoms with E-state index in [0.717, 1.165) is 38.5 Å². The van der Waals surface area contributed by atoms with E-state index in [9.17, 15) is 34.8 Å². The van der Waals surface area contributed by atoms with Crippen molar-refractivity contribution in [2.45, 2.75) is 133 Å². The Balaban J connectivity index is 1.20. The van der Waals surface area contributed by atoms with Crippen LogP contribution in [0.25, 0.3) is 0 Å². The van der Waals surface area contributed by atoms with Crippen molar-refractivity contribution in [3.8, 4) is 0 Å². The van der Waals surface area contributed by atoms with Crippen LogP contribution in [-0.2, 0) is 28.6 Å². The summed E-state index contributed by atoms with van der Waals surface area (Å²) in [6.45, 7) is 4.67. The summed E-state index contributed by atoms with van der Waals surface area (Å²) in [5, 5.41) is 45.3. The van der Waals surface area contributed by atoms with E-state index in [-0.39, 0.29) is 30.6 Å². The lowest BCUT2D eigenvalue weighted by molar-refractivity contribution is -0.270. The number of hydrogen-bond donors (Lipinski definition) is 6. The lowest BCUT2D eigenvalue weighted by atomic mass is 9.84. The smallest absolute Gasteiger partial charge is 0.222 e. The van der Waals surface area contributed by atoms with Crippen LogP contribution in [-0.4, -0.2) is 125 Å². The summed E-state index contributed by atoms with van der Waals surface area (Å²) in [5.41, 5.74) is 0. The first-order valence-electron chi connectivity index (χ1n) is 16.0. The number of nitrogens with zero attached hydrogens (tertiary/aromatic N) is 1. The minimum atomic E-state index is -1.36. The van der Waals surface area contributed by atoms with Crippen molar-refractivity contribution in [1.29, 1.82) is 0 Å². The molecule has 2 heterocycles. The van der Waals surface area contributed by atoms with Crippen molar-refractivity contribution >= 4 is 17.7 Å². The molecular weight excluding hydrogens is 562 g/mol. The molecule has 0 aromatic heterocycles. The lowest BCUT2D eigenvalue weighted by Gasteiger charge is -2.42. The highest BCUT2D eigenvalue weighted by Gasteiger charge is 2.45. The fourth-order valence-electron chi connectivity index (χ4n) is 5.98. The highest BCUT2D eigenvalue weighted by Crippen LogP contribution is 2.30. The van der Waals surface area contributed by atoms with E-state index in [1.807, 2.05) is 0 Å². The number of aliphatic hydroxyl groups is 4. The van der Waals surface area contributed by atoms with Gasteiger partial charge in [-0.2, -0.15) is 0 Å². The molecular formula is C30H53N3O10. The zero-order valence-corrected chi connectivity index (χ0v) is 25.7. The molecule has 43 heavy (non-hydrogen) atoms. The van der Waals surface area contributed by atoms with E-state index >= 15 is 0 Å². The Bertz CT molecular complexity index is 873. The van der Waals surface area contributed by atoms with Gasteiger partial charge in [0.1, 0.15) is 24.4 Å². The molecule has 3 rings (SSSR count). The highest BCUT2D eigenvalue weighted by molar-refractivity contribution is 5.77. The first-order valence-corrected chi connectivity index (χ1v) is 16.0. The molecule has 2 aliphatic heterocycles. The Labute approximate surface area is 254 Å². The van der Waals surface area contributed by atoms with Crippen LogP contribution in [0.2, 0.25) is 0 Å². The molecule has 13 heteroatoms. The van der Waals surface area contributed by atoms with Gasteiger partial charge in [-0.15, -0.1) is 0 Å². The standard InChI is InChI=1S/C30H53N3O10/c1-19-13-23(14-19)42-18-21-15-22(36)16-33(21)26(38)10-6-3-7-11-31-25(37)9-5-4-8-12-41-30-27(32-20(2)35)29(40)28(39)24(17-34)43-30/h19,21-24,27-30,34,36,39-40H,3-18H2,1-2H3,(H,31,37)(H,32,35)/t19?,21-,22+,23?,24?,27?,28?,29?,30?/m0/s1. The topological polar surface area (TPSA) is 187 Å². The number of carbonyl (C=O) groups is 3. The van der Waals surface area contributed by atoms with Gasteiger partial charge < -0.3 is 50.2 Å². The van der Waals surface area contributed by atoms with Crippen LogP contribution >= 0.6 is 0 Å². The molecule has 5 unspecified atom stereocenters. The second-order valence-corrected chi connectivity index (χ2v) is 12.4. The van der Waals surface area contributed by atoms with Crippen molar-refractivity contribution in [1.82, 2.24) is 15.5 Å². The molecule has 1 saturated carbocycles. The molecule has 248 valence electrons. The summed E-state index contributed by atoms with van der Waals surface area (Å²) < 4.78 is 17.2. The summed E-state index contributed by atoms with van der Waals surface area (Å²) >= 11 is 0. The van der Waals surface area contributed by atoms with E-state index in [1.54, 1.807) is 4.90 Å². The van der Waals surface area contributed by atoms with Crippen molar-refractivity contribution in [2.75, 3.05) is 32.9 Å². The van der Waals surface area contributed by atoms with Gasteiger partial charge in [0.2, 0.25) is 17.7 Å². The Morgan fingerprint density at radius 3 is 2.35 bits per heavy atom. The Morgan fingerprint density at radius 2 is 1.65 bits per heavy atom. The summed E-state index contributed by atoms with van der Waals surface area (Å²) in [6.07, 6.45) is 2.93. The average molecular weight is 616 g/mol. The van der Waals surface area contributed by atoms with E-state index < -0.39 is 49.3 Å². The summed E-state index contributed by atoms with van der Waals surface area (Å²) in [6, 6.07) is -1.02. The van der Waals surface area contributed by atoms with Gasteiger partial charge in [0, 0.05) is 39.5 Å². The molecule has 0 aromatic rings. The largest absolute Gasteiger partial charge is 0.394 e. The maximum Gasteiger partial charge on any atom is 0.222 e. The third-order valence-corrected chi connectivity index (χ3v) is 8.54. The fourth-order valence-corrected chi connectivity index (χ4v) is 5.98. The van der Waals surface area contributed by atoms with Crippen LogP contribution in [0.4, 0.5) is 0 Å². The van der Waals surface area contributed by atoms with Crippen LogP contribution in [0.1, 0.15) is 84.5 Å². The second-order valence-electron chi connectivity index (χ2n) is 12.4. The molecule has 3 fully saturated rings. The van der Waals surface area contributed by atoms with Gasteiger partial charge in [-0.05, 0) is 50.9 Å². The normalized spacial score (nSPS) is 32.3. The summed E-state index contributed by atoms with van der Waals surface area (Å²) in [5.74, 6) is 0.323. The van der Waals surface area contributed by atoms with Crippen LogP contribution < -0.4 is 10.6 Å². The predicted octanol–water partition coefficient (Wildman–Crippen LogP) is -0.0394. The quantitative estimate of drug-likeness (QED) is 0.114. The van der Waals surface area contributed by atoms with Crippen molar-refractivity contribution < 1.29 is 49.0 Å². The molecule has 3 amide bonds. The van der Waals surface area contributed by atoms with Crippen LogP contribution in [0.5, 0.6) is 0 Å². The maximum atomic E-state index is 12.7. The number of ether oxygens (including phenoxy) is 3. The minimum Gasteiger partial charge on any atom is -0.394 e. The second kappa shape index (κ2) is 18.2. The zero-order chi connectivity index (χ0) is 31.4. The van der Waals surface area contributed by atoms with Crippen LogP contribution in [0.3, 0.4) is 0 Å². The third-order valence-electron chi connectivity index (χ3n) is 8.54. The van der Waals surface area contributed by atoms with Gasteiger partial charge in [-0.3, -0.25) is 14.4 Å². The van der Waals surface area contributed by atoms with Crippen molar-refractivity contribution in [2.24, 2.45) is 5.92 Å². The summed E-state index contributed by atoms with van der Waals surface area (Å²) in [4.78, 5) is 38.2. The molecule has 0 radical (unpaired) electrons. The Hall–Kier alpha value is -1.87. The van der Waals surface area contributed by atoms with Crippen molar-refractivity contribution in [3.63, 3.8) is 0 Å². The molecule has 0 bridgehead atoms. The molecule has 1 aliphatic carbocycles. The Morgan fingerprint density at radius 1 is 0.930 bits per heavy atom. The molecule has 7 atom stereocenters. The average Bonchev–Trinajstić information content (AvgIpc) is 3.33. The van der Waals surface area contributed by atoms with Gasteiger partial charge in [-0.1, -0.05) is 19.8 Å². The number of β-amino-alcohol motifs (C(OH)–C–C–N with tert-alkyl or cyclic N) is 1. The molecule has 2 saturated heterocycles. The number of likely N-dealkylation sites (tertiary alicyclic amines) is 1. The lowest BCUT2D eigenvalue weighted by Crippen LogP contribution is -2.64. The molecule has 13 nitrogen and oxygen atoms in total. The van der Waals surface area contributed by atoms with Crippen LogP contribution in [0, 0.1) is 5.92 Å². The number of rotatable bonds is 18. The van der Waals surface area contributed by atoms with Gasteiger partial charge in [0.05, 0.1) is 31.5 Å². The van der Waals surface area contributed by atoms with E-state index in [1.165, 1.54) is 6.92 Å². The Kier molecular flexibility index (Phi) is 15.1. The van der Waals surface area contributed by atoms with Gasteiger partial charge in [0.15, 0.2) is 6.29 Å². The highest BCUT2D eigenvalue weighted by atomic mass is 16.7. The first-order chi connectivity index (χ1) is 20.6.